The number of hydrogen-bond acceptors (Lipinski definition) is 7. The van der Waals surface area contributed by atoms with E-state index in [-0.39, 0.29) is 5.91 Å². The van der Waals surface area contributed by atoms with Gasteiger partial charge in [-0.1, -0.05) is 6.07 Å². The Balaban J connectivity index is 1.80. The lowest BCUT2D eigenvalue weighted by Crippen LogP contribution is -2.25. The number of thiophene rings is 1. The largest absolute Gasteiger partial charge is 0.474 e. The van der Waals surface area contributed by atoms with Crippen LogP contribution in [0.1, 0.15) is 13.0 Å². The number of carbonyl (C=O) groups excluding carboxylic acids is 1. The normalized spacial score (nSPS) is 11.9. The van der Waals surface area contributed by atoms with Gasteiger partial charge in [-0.25, -0.2) is 4.98 Å². The summed E-state index contributed by atoms with van der Waals surface area (Å²) in [5.74, 6) is 0.708. The van der Waals surface area contributed by atoms with Gasteiger partial charge in [0.25, 0.3) is 0 Å². The second-order valence-electron chi connectivity index (χ2n) is 5.56. The number of ether oxygens (including phenoxy) is 2. The Morgan fingerprint density at radius 3 is 3.00 bits per heavy atom. The highest BCUT2D eigenvalue weighted by Crippen LogP contribution is 2.27. The molecule has 27 heavy (non-hydrogen) atoms. The number of aromatic nitrogens is 4. The molecule has 0 aliphatic heterocycles. The van der Waals surface area contributed by atoms with E-state index >= 15 is 0 Å². The van der Waals surface area contributed by atoms with Crippen molar-refractivity contribution < 1.29 is 14.3 Å². The number of rotatable bonds is 8. The summed E-state index contributed by atoms with van der Waals surface area (Å²) in [6.45, 7) is 2.52. The molecule has 3 aromatic heterocycles. The zero-order chi connectivity index (χ0) is 19.2. The second kappa shape index (κ2) is 8.89. The molecule has 3 rings (SSSR count). The molecule has 0 aliphatic rings. The molecular weight excluding hydrogens is 386 g/mol. The van der Waals surface area contributed by atoms with Crippen LogP contribution in [0.25, 0.3) is 10.7 Å². The zero-order valence-electron chi connectivity index (χ0n) is 14.8. The van der Waals surface area contributed by atoms with Crippen LogP contribution in [-0.4, -0.2) is 46.0 Å². The zero-order valence-corrected chi connectivity index (χ0v) is 16.5. The minimum absolute atomic E-state index is 0.255. The molecule has 0 saturated carbocycles. The summed E-state index contributed by atoms with van der Waals surface area (Å²) in [5.41, 5.74) is 0.484. The van der Waals surface area contributed by atoms with Crippen molar-refractivity contribution in [3.8, 4) is 16.6 Å². The van der Waals surface area contributed by atoms with Crippen molar-refractivity contribution in [2.24, 2.45) is 0 Å². The number of methoxy groups -OCH3 is 1. The van der Waals surface area contributed by atoms with E-state index in [0.29, 0.717) is 35.4 Å². The van der Waals surface area contributed by atoms with E-state index in [1.807, 2.05) is 17.5 Å². The number of nitrogens with zero attached hydrogens (tertiary/aromatic N) is 3. The van der Waals surface area contributed by atoms with Gasteiger partial charge < -0.3 is 14.8 Å². The van der Waals surface area contributed by atoms with Crippen molar-refractivity contribution in [1.29, 1.82) is 0 Å². The molecule has 10 heteroatoms. The van der Waals surface area contributed by atoms with Crippen LogP contribution < -0.4 is 10.1 Å². The summed E-state index contributed by atoms with van der Waals surface area (Å²) in [5, 5.41) is 11.8. The third-order valence-electron chi connectivity index (χ3n) is 3.77. The van der Waals surface area contributed by atoms with Crippen LogP contribution in [0.2, 0.25) is 0 Å². The summed E-state index contributed by atoms with van der Waals surface area (Å²) in [4.78, 5) is 17.9. The Hall–Kier alpha value is -2.56. The van der Waals surface area contributed by atoms with E-state index in [0.717, 1.165) is 4.88 Å². The maximum absolute atomic E-state index is 12.8. The van der Waals surface area contributed by atoms with E-state index in [2.05, 4.69) is 20.5 Å². The van der Waals surface area contributed by atoms with Gasteiger partial charge in [-0.15, -0.1) is 11.3 Å². The fourth-order valence-electron chi connectivity index (χ4n) is 2.42. The molecule has 2 N–H and O–H groups in total. The predicted molar refractivity (Wildman–Crippen MR) is 106 cm³/mol. The monoisotopic (exact) mass is 405 g/mol. The van der Waals surface area contributed by atoms with Crippen LogP contribution in [0, 0.1) is 4.77 Å². The first-order valence-electron chi connectivity index (χ1n) is 8.20. The highest BCUT2D eigenvalue weighted by molar-refractivity contribution is 7.71. The number of pyridine rings is 1. The number of carbonyl (C=O) groups is 1. The lowest BCUT2D eigenvalue weighted by atomic mass is 10.2. The van der Waals surface area contributed by atoms with Gasteiger partial charge in [-0.3, -0.25) is 14.5 Å². The molecule has 1 amide bonds. The molecule has 0 aromatic carbocycles. The minimum Gasteiger partial charge on any atom is -0.474 e. The van der Waals surface area contributed by atoms with Crippen LogP contribution in [0.3, 0.4) is 0 Å². The molecule has 1 atom stereocenters. The van der Waals surface area contributed by atoms with Crippen molar-refractivity contribution in [3.05, 3.63) is 40.6 Å². The standard InChI is InChI=1S/C17H19N5O3S2/c1-11(22-14(20-21-17(22)26)13-6-4-10-27-13)15(23)19-12-5-3-7-18-16(12)25-9-8-24-2/h3-7,10-11H,8-9H2,1-2H3,(H,19,23)(H,21,26). The molecule has 8 nitrogen and oxygen atoms in total. The number of nitrogens with one attached hydrogen (secondary N) is 2. The quantitative estimate of drug-likeness (QED) is 0.441. The summed E-state index contributed by atoms with van der Waals surface area (Å²) in [6, 6.07) is 6.73. The van der Waals surface area contributed by atoms with Crippen LogP contribution in [0.4, 0.5) is 5.69 Å². The van der Waals surface area contributed by atoms with Gasteiger partial charge in [-0.2, -0.15) is 5.10 Å². The maximum Gasteiger partial charge on any atom is 0.247 e. The van der Waals surface area contributed by atoms with E-state index in [1.54, 1.807) is 36.9 Å². The predicted octanol–water partition coefficient (Wildman–Crippen LogP) is 3.29. The third kappa shape index (κ3) is 4.41. The average Bonchev–Trinajstić information content (AvgIpc) is 3.32. The molecule has 0 aliphatic carbocycles. The topological polar surface area (TPSA) is 94.1 Å². The molecule has 0 bridgehead atoms. The fourth-order valence-corrected chi connectivity index (χ4v) is 3.42. The van der Waals surface area contributed by atoms with Gasteiger partial charge in [0.15, 0.2) is 10.6 Å². The first-order valence-corrected chi connectivity index (χ1v) is 9.49. The molecule has 142 valence electrons. The van der Waals surface area contributed by atoms with Gasteiger partial charge in [0.05, 0.1) is 11.5 Å². The highest BCUT2D eigenvalue weighted by atomic mass is 32.1. The minimum atomic E-state index is -0.583. The van der Waals surface area contributed by atoms with Crippen molar-refractivity contribution in [3.63, 3.8) is 0 Å². The van der Waals surface area contributed by atoms with Crippen LogP contribution in [0.15, 0.2) is 35.8 Å². The van der Waals surface area contributed by atoms with Gasteiger partial charge >= 0.3 is 0 Å². The van der Waals surface area contributed by atoms with Crippen molar-refractivity contribution in [2.45, 2.75) is 13.0 Å². The number of H-pyrrole nitrogens is 1. The lowest BCUT2D eigenvalue weighted by molar-refractivity contribution is -0.118. The molecule has 0 fully saturated rings. The van der Waals surface area contributed by atoms with Crippen LogP contribution >= 0.6 is 23.6 Å². The molecule has 0 saturated heterocycles. The van der Waals surface area contributed by atoms with E-state index < -0.39 is 6.04 Å². The van der Waals surface area contributed by atoms with Gasteiger partial charge in [-0.05, 0) is 42.7 Å². The molecule has 1 unspecified atom stereocenters. The Labute approximate surface area is 165 Å². The Bertz CT molecular complexity index is 952. The van der Waals surface area contributed by atoms with Gasteiger partial charge in [0.1, 0.15) is 18.3 Å². The third-order valence-corrected chi connectivity index (χ3v) is 4.92. The van der Waals surface area contributed by atoms with Gasteiger partial charge in [0.2, 0.25) is 11.8 Å². The summed E-state index contributed by atoms with van der Waals surface area (Å²) in [6.07, 6.45) is 1.60. The van der Waals surface area contributed by atoms with Gasteiger partial charge in [0, 0.05) is 13.3 Å². The SMILES string of the molecule is COCCOc1ncccc1NC(=O)C(C)n1c(-c2cccs2)n[nH]c1=S. The number of anilines is 1. The smallest absolute Gasteiger partial charge is 0.247 e. The summed E-state index contributed by atoms with van der Waals surface area (Å²) >= 11 is 6.85. The Morgan fingerprint density at radius 1 is 1.41 bits per heavy atom. The second-order valence-corrected chi connectivity index (χ2v) is 6.90. The fraction of sp³-hybridized carbons (Fsp3) is 0.294. The van der Waals surface area contributed by atoms with Crippen LogP contribution in [0.5, 0.6) is 5.88 Å². The Kier molecular flexibility index (Phi) is 6.32. The lowest BCUT2D eigenvalue weighted by Gasteiger charge is -2.16. The first kappa shape index (κ1) is 19.2. The molecular formula is C17H19N5O3S2. The highest BCUT2D eigenvalue weighted by Gasteiger charge is 2.22. The molecule has 0 spiro atoms. The average molecular weight is 406 g/mol. The number of amides is 1. The maximum atomic E-state index is 12.8. The van der Waals surface area contributed by atoms with Crippen molar-refractivity contribution in [2.75, 3.05) is 25.6 Å². The van der Waals surface area contributed by atoms with Crippen LogP contribution in [-0.2, 0) is 9.53 Å². The van der Waals surface area contributed by atoms with Crippen molar-refractivity contribution >= 4 is 35.1 Å². The number of aromatic amines is 1. The van der Waals surface area contributed by atoms with E-state index in [4.69, 9.17) is 21.7 Å². The molecule has 3 aromatic rings. The summed E-state index contributed by atoms with van der Waals surface area (Å²) < 4.78 is 12.6. The van der Waals surface area contributed by atoms with Crippen molar-refractivity contribution in [1.82, 2.24) is 19.7 Å². The van der Waals surface area contributed by atoms with E-state index in [1.165, 1.54) is 11.3 Å². The number of hydrogen-bond donors (Lipinski definition) is 2. The molecule has 0 radical (unpaired) electrons. The molecule has 3 heterocycles. The summed E-state index contributed by atoms with van der Waals surface area (Å²) in [7, 11) is 1.59. The Morgan fingerprint density at radius 2 is 2.26 bits per heavy atom. The van der Waals surface area contributed by atoms with E-state index in [9.17, 15) is 4.79 Å². The first-order chi connectivity index (χ1) is 13.1.